The first-order valence-electron chi connectivity index (χ1n) is 12.5. The van der Waals surface area contributed by atoms with E-state index in [1.54, 1.807) is 111 Å². The van der Waals surface area contributed by atoms with Crippen LogP contribution in [0.4, 0.5) is 22.7 Å². The van der Waals surface area contributed by atoms with Crippen LogP contribution in [0.2, 0.25) is 0 Å². The van der Waals surface area contributed by atoms with Gasteiger partial charge < -0.3 is 31.2 Å². The highest BCUT2D eigenvalue weighted by atomic mass is 16.5. The van der Waals surface area contributed by atoms with Crippen molar-refractivity contribution >= 4 is 40.5 Å². The van der Waals surface area contributed by atoms with Crippen LogP contribution in [-0.4, -0.2) is 31.9 Å². The summed E-state index contributed by atoms with van der Waals surface area (Å²) in [7, 11) is 3.11. The molecule has 0 aliphatic rings. The lowest BCUT2D eigenvalue weighted by molar-refractivity contribution is -0.129. The summed E-state index contributed by atoms with van der Waals surface area (Å²) in [6, 6.07) is 27.4. The number of carbonyl (C=O) groups excluding carboxylic acids is 3. The zero-order chi connectivity index (χ0) is 28.5. The Morgan fingerprint density at radius 2 is 1.18 bits per heavy atom. The lowest BCUT2D eigenvalue weighted by Crippen LogP contribution is -2.35. The number of hydrogen-bond donors (Lipinski definition) is 4. The van der Waals surface area contributed by atoms with Gasteiger partial charge in [-0.3, -0.25) is 14.4 Å². The lowest BCUT2D eigenvalue weighted by atomic mass is 9.96. The highest BCUT2D eigenvalue weighted by Gasteiger charge is 2.27. The van der Waals surface area contributed by atoms with Gasteiger partial charge in [-0.2, -0.15) is 0 Å². The summed E-state index contributed by atoms with van der Waals surface area (Å²) in [5, 5.41) is 8.40. The molecule has 40 heavy (non-hydrogen) atoms. The molecule has 4 aromatic rings. The molecule has 0 spiro atoms. The van der Waals surface area contributed by atoms with Crippen LogP contribution in [0.25, 0.3) is 0 Å². The molecule has 0 unspecified atom stereocenters. The van der Waals surface area contributed by atoms with Crippen molar-refractivity contribution in [2.24, 2.45) is 5.92 Å². The topological polar surface area (TPSA) is 132 Å². The molecule has 204 valence electrons. The van der Waals surface area contributed by atoms with Gasteiger partial charge in [0.15, 0.2) is 0 Å². The van der Waals surface area contributed by atoms with E-state index in [0.29, 0.717) is 45.4 Å². The third-order valence-corrected chi connectivity index (χ3v) is 6.21. The number of ether oxygens (including phenoxy) is 2. The summed E-state index contributed by atoms with van der Waals surface area (Å²) >= 11 is 0. The van der Waals surface area contributed by atoms with Gasteiger partial charge in [-0.15, -0.1) is 0 Å². The Labute approximate surface area is 232 Å². The van der Waals surface area contributed by atoms with Crippen molar-refractivity contribution in [3.05, 3.63) is 108 Å². The number of methoxy groups -OCH3 is 2. The molecule has 5 N–H and O–H groups in total. The van der Waals surface area contributed by atoms with Gasteiger partial charge in [0.05, 0.1) is 25.6 Å². The summed E-state index contributed by atoms with van der Waals surface area (Å²) in [6.07, 6.45) is 0.109. The molecule has 9 heteroatoms. The Bertz CT molecular complexity index is 1410. The zero-order valence-corrected chi connectivity index (χ0v) is 22.1. The average Bonchev–Trinajstić information content (AvgIpc) is 2.98. The molecule has 9 nitrogen and oxygen atoms in total. The molecule has 0 radical (unpaired) electrons. The fourth-order valence-corrected chi connectivity index (χ4v) is 3.95. The number of amides is 3. The van der Waals surface area contributed by atoms with Crippen LogP contribution in [0, 0.1) is 5.92 Å². The van der Waals surface area contributed by atoms with E-state index in [-0.39, 0.29) is 12.3 Å². The number of hydrogen-bond acceptors (Lipinski definition) is 6. The summed E-state index contributed by atoms with van der Waals surface area (Å²) in [5.74, 6) is -1.05. The number of carbonyl (C=O) groups is 3. The van der Waals surface area contributed by atoms with Crippen molar-refractivity contribution in [2.75, 3.05) is 35.9 Å². The van der Waals surface area contributed by atoms with E-state index in [1.165, 1.54) is 0 Å². The summed E-state index contributed by atoms with van der Waals surface area (Å²) in [6.45, 7) is 0. The van der Waals surface area contributed by atoms with Gasteiger partial charge in [-0.1, -0.05) is 24.3 Å². The highest BCUT2D eigenvalue weighted by Crippen LogP contribution is 2.21. The van der Waals surface area contributed by atoms with Crippen LogP contribution in [0.1, 0.15) is 15.9 Å². The van der Waals surface area contributed by atoms with Crippen LogP contribution in [0.5, 0.6) is 11.5 Å². The Morgan fingerprint density at radius 1 is 0.675 bits per heavy atom. The zero-order valence-electron chi connectivity index (χ0n) is 22.1. The fraction of sp³-hybridized carbons (Fsp3) is 0.129. The monoisotopic (exact) mass is 538 g/mol. The average molecular weight is 539 g/mol. The standard InChI is InChI=1S/C31H30N4O5/c1-39-24-15-11-22(12-16-24)33-30(37)26(31(38)34-23-13-17-25(40-2)18-14-23)19-20-7-9-21(10-8-20)29(36)35-28-6-4-3-5-27(28)32/h3-18,26H,19,32H2,1-2H3,(H,33,37)(H,34,38)(H,35,36). The van der Waals surface area contributed by atoms with Gasteiger partial charge in [0.25, 0.3) is 5.91 Å². The van der Waals surface area contributed by atoms with Gasteiger partial charge in [-0.05, 0) is 84.8 Å². The van der Waals surface area contributed by atoms with Gasteiger partial charge in [0.1, 0.15) is 17.4 Å². The maximum Gasteiger partial charge on any atom is 0.255 e. The number of benzene rings is 4. The minimum Gasteiger partial charge on any atom is -0.497 e. The first-order valence-corrected chi connectivity index (χ1v) is 12.5. The van der Waals surface area contributed by atoms with Crippen LogP contribution in [0.3, 0.4) is 0 Å². The largest absolute Gasteiger partial charge is 0.497 e. The van der Waals surface area contributed by atoms with E-state index in [0.717, 1.165) is 0 Å². The van der Waals surface area contributed by atoms with E-state index < -0.39 is 17.7 Å². The number of nitrogens with two attached hydrogens (primary N) is 1. The molecule has 0 aliphatic carbocycles. The molecular weight excluding hydrogens is 508 g/mol. The third-order valence-electron chi connectivity index (χ3n) is 6.21. The molecule has 0 fully saturated rings. The van der Waals surface area contributed by atoms with Crippen molar-refractivity contribution in [1.82, 2.24) is 0 Å². The van der Waals surface area contributed by atoms with Crippen molar-refractivity contribution < 1.29 is 23.9 Å². The van der Waals surface area contributed by atoms with E-state index in [9.17, 15) is 14.4 Å². The normalized spacial score (nSPS) is 10.5. The molecule has 4 rings (SSSR count). The molecule has 0 atom stereocenters. The van der Waals surface area contributed by atoms with Crippen molar-refractivity contribution in [2.45, 2.75) is 6.42 Å². The second kappa shape index (κ2) is 13.0. The minimum atomic E-state index is -1.06. The van der Waals surface area contributed by atoms with Crippen LogP contribution in [-0.2, 0) is 16.0 Å². The highest BCUT2D eigenvalue weighted by molar-refractivity contribution is 6.11. The van der Waals surface area contributed by atoms with Crippen LogP contribution in [0.15, 0.2) is 97.1 Å². The van der Waals surface area contributed by atoms with Crippen molar-refractivity contribution in [3.8, 4) is 11.5 Å². The minimum absolute atomic E-state index is 0.109. The van der Waals surface area contributed by atoms with E-state index in [4.69, 9.17) is 15.2 Å². The first kappa shape index (κ1) is 27.7. The summed E-state index contributed by atoms with van der Waals surface area (Å²) in [4.78, 5) is 39.3. The van der Waals surface area contributed by atoms with E-state index in [1.807, 2.05) is 0 Å². The molecule has 0 saturated carbocycles. The summed E-state index contributed by atoms with van der Waals surface area (Å²) in [5.41, 5.74) is 9.07. The predicted molar refractivity (Wildman–Crippen MR) is 156 cm³/mol. The van der Waals surface area contributed by atoms with E-state index >= 15 is 0 Å². The van der Waals surface area contributed by atoms with Crippen LogP contribution >= 0.6 is 0 Å². The number of rotatable bonds is 10. The van der Waals surface area contributed by atoms with E-state index in [2.05, 4.69) is 16.0 Å². The smallest absolute Gasteiger partial charge is 0.255 e. The molecule has 0 aliphatic heterocycles. The third kappa shape index (κ3) is 7.16. The maximum atomic E-state index is 13.3. The molecule has 0 heterocycles. The molecule has 4 aromatic carbocycles. The second-order valence-electron chi connectivity index (χ2n) is 8.93. The van der Waals surface area contributed by atoms with Crippen LogP contribution < -0.4 is 31.2 Å². The Balaban J connectivity index is 1.50. The van der Waals surface area contributed by atoms with Gasteiger partial charge >= 0.3 is 0 Å². The Kier molecular flexibility index (Phi) is 8.99. The number of para-hydroxylation sites is 2. The Morgan fingerprint density at radius 3 is 1.65 bits per heavy atom. The molecule has 0 saturated heterocycles. The van der Waals surface area contributed by atoms with Crippen molar-refractivity contribution in [1.29, 1.82) is 0 Å². The maximum absolute atomic E-state index is 13.3. The predicted octanol–water partition coefficient (Wildman–Crippen LogP) is 4.97. The SMILES string of the molecule is COc1ccc(NC(=O)C(Cc2ccc(C(=O)Nc3ccccc3N)cc2)C(=O)Nc2ccc(OC)cc2)cc1. The molecule has 0 bridgehead atoms. The van der Waals surface area contributed by atoms with Gasteiger partial charge in [0.2, 0.25) is 11.8 Å². The van der Waals surface area contributed by atoms with Gasteiger partial charge in [-0.25, -0.2) is 0 Å². The molecule has 0 aromatic heterocycles. The van der Waals surface area contributed by atoms with Crippen molar-refractivity contribution in [3.63, 3.8) is 0 Å². The number of nitrogen functional groups attached to an aromatic ring is 1. The Hall–Kier alpha value is -5.31. The quantitative estimate of drug-likeness (QED) is 0.166. The fourth-order valence-electron chi connectivity index (χ4n) is 3.95. The molecule has 3 amide bonds. The van der Waals surface area contributed by atoms with Gasteiger partial charge in [0, 0.05) is 16.9 Å². The lowest BCUT2D eigenvalue weighted by Gasteiger charge is -2.18. The first-order chi connectivity index (χ1) is 19.4. The number of anilines is 4. The number of nitrogens with one attached hydrogen (secondary N) is 3. The summed E-state index contributed by atoms with van der Waals surface area (Å²) < 4.78 is 10.3. The second-order valence-corrected chi connectivity index (χ2v) is 8.93. The molecular formula is C31H30N4O5.